The molecule has 0 saturated carbocycles. The fraction of sp³-hybridized carbons (Fsp3) is 0.286. The van der Waals surface area contributed by atoms with Crippen molar-refractivity contribution in [2.75, 3.05) is 14.1 Å². The number of likely N-dealkylation sites (N-methyl/N-ethyl adjacent to an activating group) is 1. The molecule has 0 aromatic heterocycles. The highest BCUT2D eigenvalue weighted by molar-refractivity contribution is 5.44. The molecule has 0 unspecified atom stereocenters. The zero-order chi connectivity index (χ0) is 11.8. The van der Waals surface area contributed by atoms with Crippen LogP contribution >= 0.6 is 0 Å². The highest BCUT2D eigenvalue weighted by Crippen LogP contribution is 2.17. The zero-order valence-corrected chi connectivity index (χ0v) is 10.2. The van der Waals surface area contributed by atoms with Crippen molar-refractivity contribution in [2.45, 2.75) is 13.8 Å². The lowest BCUT2D eigenvalue weighted by Crippen LogP contribution is -2.11. The fourth-order valence-corrected chi connectivity index (χ4v) is 1.25. The van der Waals surface area contributed by atoms with Gasteiger partial charge in [0.2, 0.25) is 0 Å². The molecule has 0 aliphatic rings. The summed E-state index contributed by atoms with van der Waals surface area (Å²) in [5.74, 6) is 0. The van der Waals surface area contributed by atoms with E-state index in [4.69, 9.17) is 0 Å². The predicted molar refractivity (Wildman–Crippen MR) is 69.7 cm³/mol. The molecule has 0 aliphatic heterocycles. The van der Waals surface area contributed by atoms with Crippen molar-refractivity contribution in [3.8, 4) is 0 Å². The van der Waals surface area contributed by atoms with E-state index >= 15 is 0 Å². The molecule has 1 heteroatoms. The Morgan fingerprint density at radius 2 is 1.80 bits per heavy atom. The van der Waals surface area contributed by atoms with Crippen LogP contribution in [0.15, 0.2) is 60.4 Å². The SMILES string of the molecule is C=C\C=C/C(C(=C)C)=C(/C=C\C)N(C)C. The molecule has 0 saturated heterocycles. The third-order valence-corrected chi connectivity index (χ3v) is 1.94. The van der Waals surface area contributed by atoms with E-state index < -0.39 is 0 Å². The molecule has 0 rings (SSSR count). The maximum atomic E-state index is 3.99. The van der Waals surface area contributed by atoms with Crippen LogP contribution in [0.25, 0.3) is 0 Å². The topological polar surface area (TPSA) is 3.24 Å². The number of allylic oxidation sites excluding steroid dienone is 7. The highest BCUT2D eigenvalue weighted by Gasteiger charge is 2.03. The predicted octanol–water partition coefficient (Wildman–Crippen LogP) is 3.70. The molecule has 0 aliphatic carbocycles. The van der Waals surface area contributed by atoms with Gasteiger partial charge in [0.1, 0.15) is 0 Å². The molecule has 0 amide bonds. The summed E-state index contributed by atoms with van der Waals surface area (Å²) < 4.78 is 0. The van der Waals surface area contributed by atoms with Crippen LogP contribution in [-0.4, -0.2) is 19.0 Å². The van der Waals surface area contributed by atoms with E-state index in [1.807, 2.05) is 46.2 Å². The summed E-state index contributed by atoms with van der Waals surface area (Å²) in [6, 6.07) is 0. The lowest BCUT2D eigenvalue weighted by Gasteiger charge is -2.18. The Kier molecular flexibility index (Phi) is 6.19. The second kappa shape index (κ2) is 6.88. The molecule has 0 aromatic carbocycles. The van der Waals surface area contributed by atoms with Crippen LogP contribution in [0, 0.1) is 0 Å². The summed E-state index contributed by atoms with van der Waals surface area (Å²) in [6.07, 6.45) is 9.84. The maximum absolute atomic E-state index is 3.99. The van der Waals surface area contributed by atoms with E-state index in [9.17, 15) is 0 Å². The van der Waals surface area contributed by atoms with Gasteiger partial charge < -0.3 is 4.90 Å². The minimum absolute atomic E-state index is 1.05. The quantitative estimate of drug-likeness (QED) is 0.616. The molecule has 0 fully saturated rings. The highest BCUT2D eigenvalue weighted by atomic mass is 15.1. The van der Waals surface area contributed by atoms with E-state index in [2.05, 4.69) is 24.1 Å². The van der Waals surface area contributed by atoms with Crippen molar-refractivity contribution < 1.29 is 0 Å². The summed E-state index contributed by atoms with van der Waals surface area (Å²) in [7, 11) is 4.06. The largest absolute Gasteiger partial charge is 0.377 e. The van der Waals surface area contributed by atoms with Gasteiger partial charge in [0.25, 0.3) is 0 Å². The van der Waals surface area contributed by atoms with Crippen molar-refractivity contribution in [2.24, 2.45) is 0 Å². The van der Waals surface area contributed by atoms with E-state index in [0.29, 0.717) is 0 Å². The van der Waals surface area contributed by atoms with Gasteiger partial charge in [-0.2, -0.15) is 0 Å². The zero-order valence-electron chi connectivity index (χ0n) is 10.2. The Morgan fingerprint density at radius 1 is 1.20 bits per heavy atom. The first-order valence-electron chi connectivity index (χ1n) is 5.03. The molecule has 15 heavy (non-hydrogen) atoms. The Morgan fingerprint density at radius 3 is 2.13 bits per heavy atom. The Labute approximate surface area is 93.8 Å². The molecule has 0 aromatic rings. The second-order valence-electron chi connectivity index (χ2n) is 3.57. The first kappa shape index (κ1) is 13.5. The number of rotatable bonds is 5. The Hall–Kier alpha value is -1.50. The summed E-state index contributed by atoms with van der Waals surface area (Å²) >= 11 is 0. The van der Waals surface area contributed by atoms with E-state index in [1.165, 1.54) is 0 Å². The van der Waals surface area contributed by atoms with Gasteiger partial charge in [-0.25, -0.2) is 0 Å². The van der Waals surface area contributed by atoms with Crippen LogP contribution in [0.1, 0.15) is 13.8 Å². The average Bonchev–Trinajstić information content (AvgIpc) is 2.16. The molecule has 82 valence electrons. The van der Waals surface area contributed by atoms with Crippen molar-refractivity contribution in [3.63, 3.8) is 0 Å². The number of hydrogen-bond acceptors (Lipinski definition) is 1. The number of hydrogen-bond donors (Lipinski definition) is 0. The summed E-state index contributed by atoms with van der Waals surface area (Å²) in [4.78, 5) is 2.08. The minimum atomic E-state index is 1.05. The third-order valence-electron chi connectivity index (χ3n) is 1.94. The minimum Gasteiger partial charge on any atom is -0.377 e. The number of nitrogens with zero attached hydrogens (tertiary/aromatic N) is 1. The molecular weight excluding hydrogens is 182 g/mol. The Balaban J connectivity index is 5.43. The van der Waals surface area contributed by atoms with E-state index in [1.54, 1.807) is 6.08 Å². The molecule has 0 heterocycles. The molecule has 0 atom stereocenters. The van der Waals surface area contributed by atoms with E-state index in [-0.39, 0.29) is 0 Å². The van der Waals surface area contributed by atoms with Crippen LogP contribution in [-0.2, 0) is 0 Å². The van der Waals surface area contributed by atoms with Crippen molar-refractivity contribution in [1.29, 1.82) is 0 Å². The van der Waals surface area contributed by atoms with Gasteiger partial charge in [0, 0.05) is 25.4 Å². The summed E-state index contributed by atoms with van der Waals surface area (Å²) in [5, 5.41) is 0. The van der Waals surface area contributed by atoms with Gasteiger partial charge in [-0.1, -0.05) is 37.5 Å². The van der Waals surface area contributed by atoms with Crippen LogP contribution in [0.2, 0.25) is 0 Å². The second-order valence-corrected chi connectivity index (χ2v) is 3.57. The van der Waals surface area contributed by atoms with Gasteiger partial charge in [0.15, 0.2) is 0 Å². The van der Waals surface area contributed by atoms with Crippen LogP contribution in [0.4, 0.5) is 0 Å². The molecule has 0 N–H and O–H groups in total. The maximum Gasteiger partial charge on any atom is 0.0433 e. The van der Waals surface area contributed by atoms with Gasteiger partial charge >= 0.3 is 0 Å². The van der Waals surface area contributed by atoms with Crippen LogP contribution in [0.3, 0.4) is 0 Å². The van der Waals surface area contributed by atoms with Crippen molar-refractivity contribution in [3.05, 3.63) is 60.4 Å². The molecule has 1 nitrogen and oxygen atoms in total. The third kappa shape index (κ3) is 4.50. The standard InChI is InChI=1S/C14H21N/c1-7-9-11-13(12(3)4)14(10-8-2)15(5)6/h7-11H,1,3H2,2,4-6H3/b10-8-,11-9-,14-13+. The van der Waals surface area contributed by atoms with Crippen molar-refractivity contribution >= 4 is 0 Å². The molecule has 0 spiro atoms. The molecular formula is C14H21N. The average molecular weight is 203 g/mol. The van der Waals surface area contributed by atoms with Gasteiger partial charge in [-0.05, 0) is 25.5 Å². The van der Waals surface area contributed by atoms with E-state index in [0.717, 1.165) is 16.8 Å². The van der Waals surface area contributed by atoms with Gasteiger partial charge in [-0.15, -0.1) is 0 Å². The first-order chi connectivity index (χ1) is 7.04. The van der Waals surface area contributed by atoms with Crippen LogP contribution in [0.5, 0.6) is 0 Å². The fourth-order valence-electron chi connectivity index (χ4n) is 1.25. The molecule has 0 radical (unpaired) electrons. The summed E-state index contributed by atoms with van der Waals surface area (Å²) in [6.45, 7) is 11.7. The smallest absolute Gasteiger partial charge is 0.0433 e. The van der Waals surface area contributed by atoms with Crippen LogP contribution < -0.4 is 0 Å². The summed E-state index contributed by atoms with van der Waals surface area (Å²) in [5.41, 5.74) is 3.34. The molecule has 0 bridgehead atoms. The van der Waals surface area contributed by atoms with Gasteiger partial charge in [-0.3, -0.25) is 0 Å². The van der Waals surface area contributed by atoms with Gasteiger partial charge in [0.05, 0.1) is 0 Å². The first-order valence-corrected chi connectivity index (χ1v) is 5.03. The Bertz CT molecular complexity index is 314. The lowest BCUT2D eigenvalue weighted by molar-refractivity contribution is 0.526. The normalized spacial score (nSPS) is 13.1. The lowest BCUT2D eigenvalue weighted by atomic mass is 10.1. The van der Waals surface area contributed by atoms with Crippen molar-refractivity contribution in [1.82, 2.24) is 4.90 Å². The monoisotopic (exact) mass is 203 g/mol.